The number of hydrogen-bond donors (Lipinski definition) is 1. The number of carbonyl (C=O) groups excluding carboxylic acids is 2. The summed E-state index contributed by atoms with van der Waals surface area (Å²) in [5.41, 5.74) is 0.275. The Kier molecular flexibility index (Phi) is 5.71. The number of carbonyl (C=O) groups is 2. The van der Waals surface area contributed by atoms with Crippen molar-refractivity contribution in [3.05, 3.63) is 87.2 Å². The third-order valence-electron chi connectivity index (χ3n) is 3.67. The van der Waals surface area contributed by atoms with Gasteiger partial charge in [-0.15, -0.1) is 0 Å². The van der Waals surface area contributed by atoms with E-state index < -0.39 is 17.5 Å². The van der Waals surface area contributed by atoms with Gasteiger partial charge in [-0.25, -0.2) is 4.79 Å². The molecule has 1 heterocycles. The molecule has 8 nitrogen and oxygen atoms in total. The number of nitro groups is 1. The van der Waals surface area contributed by atoms with Gasteiger partial charge < -0.3 is 14.5 Å². The van der Waals surface area contributed by atoms with Crippen molar-refractivity contribution in [2.75, 3.05) is 6.61 Å². The van der Waals surface area contributed by atoms with Gasteiger partial charge in [0.15, 0.2) is 6.61 Å². The average Bonchev–Trinajstić information content (AvgIpc) is 3.22. The van der Waals surface area contributed by atoms with E-state index >= 15 is 0 Å². The summed E-state index contributed by atoms with van der Waals surface area (Å²) in [5, 5.41) is 11.3. The molecule has 0 atom stereocenters. The van der Waals surface area contributed by atoms with E-state index in [0.717, 1.165) is 0 Å². The zero-order valence-corrected chi connectivity index (χ0v) is 15.0. The summed E-state index contributed by atoms with van der Waals surface area (Å²) in [6, 6.07) is 13.1. The van der Waals surface area contributed by atoms with Gasteiger partial charge in [-0.05, 0) is 48.5 Å². The maximum Gasteiger partial charge on any atom is 0.338 e. The maximum absolute atomic E-state index is 12.0. The molecule has 1 N–H and O–H groups in total. The highest BCUT2D eigenvalue weighted by molar-refractivity contribution is 6.30. The lowest BCUT2D eigenvalue weighted by atomic mass is 10.2. The van der Waals surface area contributed by atoms with Gasteiger partial charge in [0.1, 0.15) is 5.75 Å². The minimum atomic E-state index is -0.677. The van der Waals surface area contributed by atoms with Crippen LogP contribution in [-0.2, 0) is 4.74 Å². The molecule has 0 aliphatic carbocycles. The lowest BCUT2D eigenvalue weighted by Crippen LogP contribution is -2.14. The van der Waals surface area contributed by atoms with Crippen molar-refractivity contribution in [2.24, 2.45) is 0 Å². The number of Topliss-reactive ketones (excluding diaryl/α,β-unsaturated/α-hetero) is 1. The molecule has 28 heavy (non-hydrogen) atoms. The van der Waals surface area contributed by atoms with Crippen LogP contribution >= 0.6 is 11.6 Å². The maximum atomic E-state index is 12.0. The first kappa shape index (κ1) is 19.1. The quantitative estimate of drug-likeness (QED) is 0.272. The van der Waals surface area contributed by atoms with Crippen LogP contribution < -0.4 is 4.74 Å². The Hall–Kier alpha value is -3.65. The van der Waals surface area contributed by atoms with Crippen LogP contribution in [0.2, 0.25) is 5.02 Å². The minimum Gasteiger partial charge on any atom is -0.454 e. The summed E-state index contributed by atoms with van der Waals surface area (Å²) in [6.45, 7) is -0.394. The predicted octanol–water partition coefficient (Wildman–Crippen LogP) is 4.41. The largest absolute Gasteiger partial charge is 0.454 e. The number of rotatable bonds is 7. The van der Waals surface area contributed by atoms with Gasteiger partial charge in [-0.3, -0.25) is 14.9 Å². The SMILES string of the molecule is O=C(OCC(=O)c1ccc[nH]1)c1ccc(Oc2ccc(Cl)cc2[N+](=O)[O-])cc1. The fraction of sp³-hybridized carbons (Fsp3) is 0.0526. The number of nitrogens with zero attached hydrogens (tertiary/aromatic N) is 1. The van der Waals surface area contributed by atoms with E-state index in [1.165, 1.54) is 42.5 Å². The summed E-state index contributed by atoms with van der Waals surface area (Å²) in [5.74, 6) is -0.733. The van der Waals surface area contributed by atoms with Crippen LogP contribution in [0.25, 0.3) is 0 Å². The average molecular weight is 401 g/mol. The van der Waals surface area contributed by atoms with Gasteiger partial charge >= 0.3 is 11.7 Å². The van der Waals surface area contributed by atoms with Crippen molar-refractivity contribution < 1.29 is 24.0 Å². The van der Waals surface area contributed by atoms with Crippen molar-refractivity contribution in [3.63, 3.8) is 0 Å². The Morgan fingerprint density at radius 2 is 1.86 bits per heavy atom. The molecule has 0 unspecified atom stereocenters. The third kappa shape index (κ3) is 4.54. The van der Waals surface area contributed by atoms with Crippen LogP contribution in [-0.4, -0.2) is 28.3 Å². The zero-order chi connectivity index (χ0) is 20.1. The normalized spacial score (nSPS) is 10.3. The van der Waals surface area contributed by atoms with Gasteiger partial charge in [0.25, 0.3) is 0 Å². The number of esters is 1. The Morgan fingerprint density at radius 1 is 1.11 bits per heavy atom. The van der Waals surface area contributed by atoms with Crippen molar-refractivity contribution in [1.82, 2.24) is 4.98 Å². The molecule has 0 saturated heterocycles. The molecule has 0 aliphatic heterocycles. The Labute approximate surface area is 163 Å². The van der Waals surface area contributed by atoms with Gasteiger partial charge in [0.2, 0.25) is 11.5 Å². The molecule has 0 aliphatic rings. The standard InChI is InChI=1S/C19H13ClN2O6/c20-13-5-8-18(16(10-13)22(25)26)28-14-6-3-12(4-7-14)19(24)27-11-17(23)15-2-1-9-21-15/h1-10,21H,11H2. The lowest BCUT2D eigenvalue weighted by Gasteiger charge is -2.08. The number of ether oxygens (including phenoxy) is 2. The van der Waals surface area contributed by atoms with Crippen molar-refractivity contribution in [2.45, 2.75) is 0 Å². The fourth-order valence-corrected chi connectivity index (χ4v) is 2.47. The van der Waals surface area contributed by atoms with Gasteiger partial charge in [0, 0.05) is 17.3 Å². The highest BCUT2D eigenvalue weighted by Gasteiger charge is 2.17. The number of hydrogen-bond acceptors (Lipinski definition) is 6. The summed E-state index contributed by atoms with van der Waals surface area (Å²) in [6.07, 6.45) is 1.60. The molecule has 0 spiro atoms. The summed E-state index contributed by atoms with van der Waals surface area (Å²) in [4.78, 5) is 37.1. The number of ketones is 1. The molecule has 9 heteroatoms. The van der Waals surface area contributed by atoms with Crippen LogP contribution in [0.15, 0.2) is 60.8 Å². The summed E-state index contributed by atoms with van der Waals surface area (Å²) < 4.78 is 10.5. The molecule has 3 rings (SSSR count). The minimum absolute atomic E-state index is 0.0151. The molecule has 0 fully saturated rings. The van der Waals surface area contributed by atoms with Crippen molar-refractivity contribution in [3.8, 4) is 11.5 Å². The molecule has 0 amide bonds. The second kappa shape index (κ2) is 8.36. The van der Waals surface area contributed by atoms with Crippen molar-refractivity contribution in [1.29, 1.82) is 0 Å². The van der Waals surface area contributed by atoms with Crippen LogP contribution in [0.3, 0.4) is 0 Å². The molecule has 1 aromatic heterocycles. The predicted molar refractivity (Wildman–Crippen MR) is 100 cm³/mol. The van der Waals surface area contributed by atoms with Crippen LogP contribution in [0.5, 0.6) is 11.5 Å². The number of nitro benzene ring substituents is 1. The number of halogens is 1. The lowest BCUT2D eigenvalue weighted by molar-refractivity contribution is -0.385. The van der Waals surface area contributed by atoms with E-state index in [0.29, 0.717) is 5.69 Å². The first-order valence-electron chi connectivity index (χ1n) is 7.99. The molecular weight excluding hydrogens is 388 g/mol. The summed E-state index contributed by atoms with van der Waals surface area (Å²) in [7, 11) is 0. The fourth-order valence-electron chi connectivity index (χ4n) is 2.30. The molecular formula is C19H13ClN2O6. The first-order chi connectivity index (χ1) is 13.4. The van der Waals surface area contributed by atoms with E-state index in [4.69, 9.17) is 21.1 Å². The van der Waals surface area contributed by atoms with Crippen molar-refractivity contribution >= 4 is 29.0 Å². The van der Waals surface area contributed by atoms with Crippen LogP contribution in [0.4, 0.5) is 5.69 Å². The number of benzene rings is 2. The number of nitrogens with one attached hydrogen (secondary N) is 1. The monoisotopic (exact) mass is 400 g/mol. The Bertz CT molecular complexity index is 1020. The van der Waals surface area contributed by atoms with Crippen LogP contribution in [0.1, 0.15) is 20.8 Å². The molecule has 142 valence electrons. The van der Waals surface area contributed by atoms with Gasteiger partial charge in [-0.1, -0.05) is 11.6 Å². The van der Waals surface area contributed by atoms with Gasteiger partial charge in [-0.2, -0.15) is 0 Å². The summed E-state index contributed by atoms with van der Waals surface area (Å²) >= 11 is 5.77. The molecule has 0 saturated carbocycles. The Morgan fingerprint density at radius 3 is 2.50 bits per heavy atom. The molecule has 0 bridgehead atoms. The topological polar surface area (TPSA) is 112 Å². The number of aromatic amines is 1. The second-order valence-corrected chi connectivity index (χ2v) is 6.02. The molecule has 2 aromatic carbocycles. The van der Waals surface area contributed by atoms with E-state index in [-0.39, 0.29) is 33.6 Å². The molecule has 0 radical (unpaired) electrons. The van der Waals surface area contributed by atoms with Crippen LogP contribution in [0, 0.1) is 10.1 Å². The smallest absolute Gasteiger partial charge is 0.338 e. The third-order valence-corrected chi connectivity index (χ3v) is 3.90. The highest BCUT2D eigenvalue weighted by Crippen LogP contribution is 2.33. The highest BCUT2D eigenvalue weighted by atomic mass is 35.5. The number of aromatic nitrogens is 1. The first-order valence-corrected chi connectivity index (χ1v) is 8.37. The Balaban J connectivity index is 1.64. The zero-order valence-electron chi connectivity index (χ0n) is 14.3. The van der Waals surface area contributed by atoms with E-state index in [1.807, 2.05) is 0 Å². The number of H-pyrrole nitrogens is 1. The second-order valence-electron chi connectivity index (χ2n) is 5.58. The van der Waals surface area contributed by atoms with Gasteiger partial charge in [0.05, 0.1) is 16.2 Å². The molecule has 3 aromatic rings. The van der Waals surface area contributed by atoms with E-state index in [9.17, 15) is 19.7 Å². The van der Waals surface area contributed by atoms with E-state index in [2.05, 4.69) is 4.98 Å². The van der Waals surface area contributed by atoms with E-state index in [1.54, 1.807) is 18.3 Å².